The maximum Gasteiger partial charge on any atom is 0.169 e. The van der Waals surface area contributed by atoms with Crippen LogP contribution < -0.4 is 0 Å². The minimum absolute atomic E-state index is 0.0272. The number of aliphatic hydroxyl groups is 1. The van der Waals surface area contributed by atoms with Gasteiger partial charge in [0.2, 0.25) is 0 Å². The van der Waals surface area contributed by atoms with E-state index in [4.69, 9.17) is 9.47 Å². The molecule has 1 N–H and O–H groups in total. The van der Waals surface area contributed by atoms with Crippen molar-refractivity contribution in [2.45, 2.75) is 76.5 Å². The molecule has 1 spiro atoms. The molecule has 0 aromatic rings. The van der Waals surface area contributed by atoms with E-state index in [9.17, 15) is 5.11 Å². The van der Waals surface area contributed by atoms with Crippen LogP contribution in [0, 0.1) is 0 Å². The molecule has 0 aromatic heterocycles. The van der Waals surface area contributed by atoms with E-state index >= 15 is 0 Å². The van der Waals surface area contributed by atoms with E-state index in [1.807, 2.05) is 0 Å². The Hall–Kier alpha value is -0.120. The number of hydrogen-bond acceptors (Lipinski definition) is 3. The summed E-state index contributed by atoms with van der Waals surface area (Å²) in [5.41, 5.74) is 0. The van der Waals surface area contributed by atoms with E-state index in [0.29, 0.717) is 6.10 Å². The highest BCUT2D eigenvalue weighted by atomic mass is 16.7. The molecule has 15 heavy (non-hydrogen) atoms. The lowest BCUT2D eigenvalue weighted by Gasteiger charge is -2.38. The summed E-state index contributed by atoms with van der Waals surface area (Å²) in [4.78, 5) is 0. The number of ether oxygens (including phenoxy) is 2. The summed E-state index contributed by atoms with van der Waals surface area (Å²) < 4.78 is 11.9. The number of rotatable bonds is 2. The molecule has 2 aliphatic heterocycles. The van der Waals surface area contributed by atoms with Crippen LogP contribution in [0.4, 0.5) is 0 Å². The van der Waals surface area contributed by atoms with Crippen molar-refractivity contribution in [2.75, 3.05) is 0 Å². The summed E-state index contributed by atoms with van der Waals surface area (Å²) in [7, 11) is 0. The van der Waals surface area contributed by atoms with Gasteiger partial charge in [-0.1, -0.05) is 6.92 Å². The first-order valence-corrected chi connectivity index (χ1v) is 6.19. The van der Waals surface area contributed by atoms with Gasteiger partial charge in [-0.15, -0.1) is 0 Å². The lowest BCUT2D eigenvalue weighted by molar-refractivity contribution is -0.277. The zero-order valence-electron chi connectivity index (χ0n) is 9.74. The summed E-state index contributed by atoms with van der Waals surface area (Å²) >= 11 is 0. The van der Waals surface area contributed by atoms with Gasteiger partial charge in [-0.25, -0.2) is 0 Å². The van der Waals surface area contributed by atoms with Gasteiger partial charge in [0.25, 0.3) is 0 Å². The maximum atomic E-state index is 9.51. The predicted molar refractivity (Wildman–Crippen MR) is 57.5 cm³/mol. The third-order valence-corrected chi connectivity index (χ3v) is 3.63. The number of aliphatic hydroxyl groups excluding tert-OH is 1. The Bertz CT molecular complexity index is 217. The van der Waals surface area contributed by atoms with Crippen molar-refractivity contribution in [3.8, 4) is 0 Å². The Morgan fingerprint density at radius 2 is 2.13 bits per heavy atom. The molecule has 0 aliphatic carbocycles. The molecule has 2 saturated heterocycles. The van der Waals surface area contributed by atoms with Gasteiger partial charge in [-0.05, 0) is 32.6 Å². The van der Waals surface area contributed by atoms with Gasteiger partial charge >= 0.3 is 0 Å². The van der Waals surface area contributed by atoms with Crippen LogP contribution in [-0.4, -0.2) is 29.2 Å². The Labute approximate surface area is 91.8 Å². The van der Waals surface area contributed by atoms with Crippen LogP contribution in [0.5, 0.6) is 0 Å². The second kappa shape index (κ2) is 4.40. The van der Waals surface area contributed by atoms with E-state index in [-0.39, 0.29) is 18.0 Å². The fraction of sp³-hybridized carbons (Fsp3) is 1.00. The second-order valence-corrected chi connectivity index (χ2v) is 4.89. The van der Waals surface area contributed by atoms with Crippen molar-refractivity contribution < 1.29 is 14.6 Å². The monoisotopic (exact) mass is 214 g/mol. The van der Waals surface area contributed by atoms with E-state index in [2.05, 4.69) is 6.92 Å². The minimum Gasteiger partial charge on any atom is -0.391 e. The molecule has 2 rings (SSSR count). The Morgan fingerprint density at radius 3 is 2.73 bits per heavy atom. The van der Waals surface area contributed by atoms with Crippen LogP contribution in [0.1, 0.15) is 52.4 Å². The Balaban J connectivity index is 1.96. The van der Waals surface area contributed by atoms with E-state index in [0.717, 1.165) is 32.1 Å². The standard InChI is InChI=1S/C12H22O3/c1-3-10-5-4-7-12(14-10)8-6-11(15-12)9(2)13/h9-11,13H,3-8H2,1-2H3. The Kier molecular flexibility index (Phi) is 3.33. The van der Waals surface area contributed by atoms with Crippen LogP contribution in [0.2, 0.25) is 0 Å². The fourth-order valence-corrected chi connectivity index (χ4v) is 2.67. The highest BCUT2D eigenvalue weighted by molar-refractivity contribution is 4.87. The quantitative estimate of drug-likeness (QED) is 0.766. The zero-order chi connectivity index (χ0) is 10.9. The van der Waals surface area contributed by atoms with E-state index in [1.165, 1.54) is 6.42 Å². The molecule has 2 heterocycles. The molecular formula is C12H22O3. The molecule has 0 radical (unpaired) electrons. The van der Waals surface area contributed by atoms with Crippen molar-refractivity contribution in [2.24, 2.45) is 0 Å². The molecule has 4 atom stereocenters. The summed E-state index contributed by atoms with van der Waals surface area (Å²) in [5, 5.41) is 9.51. The largest absolute Gasteiger partial charge is 0.391 e. The molecule has 4 unspecified atom stereocenters. The first-order valence-electron chi connectivity index (χ1n) is 6.19. The first kappa shape index (κ1) is 11.4. The predicted octanol–water partition coefficient (Wildman–Crippen LogP) is 2.22. The lowest BCUT2D eigenvalue weighted by atomic mass is 9.97. The molecule has 3 nitrogen and oxygen atoms in total. The maximum absolute atomic E-state index is 9.51. The van der Waals surface area contributed by atoms with Crippen LogP contribution >= 0.6 is 0 Å². The van der Waals surface area contributed by atoms with Crippen LogP contribution in [0.15, 0.2) is 0 Å². The molecule has 0 saturated carbocycles. The minimum atomic E-state index is -0.380. The summed E-state index contributed by atoms with van der Waals surface area (Å²) in [5.74, 6) is -0.361. The molecule has 88 valence electrons. The van der Waals surface area contributed by atoms with Gasteiger partial charge in [0.05, 0.1) is 18.3 Å². The van der Waals surface area contributed by atoms with Crippen LogP contribution in [0.25, 0.3) is 0 Å². The third kappa shape index (κ3) is 2.35. The molecular weight excluding hydrogens is 192 g/mol. The van der Waals surface area contributed by atoms with Crippen molar-refractivity contribution in [1.29, 1.82) is 0 Å². The molecule has 0 bridgehead atoms. The second-order valence-electron chi connectivity index (χ2n) is 4.89. The van der Waals surface area contributed by atoms with E-state index < -0.39 is 0 Å². The fourth-order valence-electron chi connectivity index (χ4n) is 2.67. The summed E-state index contributed by atoms with van der Waals surface area (Å²) in [6.07, 6.45) is 6.21. The highest BCUT2D eigenvalue weighted by Gasteiger charge is 2.45. The zero-order valence-corrected chi connectivity index (χ0v) is 9.74. The molecule has 0 aromatic carbocycles. The van der Waals surface area contributed by atoms with E-state index in [1.54, 1.807) is 6.92 Å². The third-order valence-electron chi connectivity index (χ3n) is 3.63. The normalized spacial score (nSPS) is 43.4. The van der Waals surface area contributed by atoms with Gasteiger partial charge in [0, 0.05) is 12.8 Å². The molecule has 0 amide bonds. The van der Waals surface area contributed by atoms with Crippen molar-refractivity contribution in [3.05, 3.63) is 0 Å². The highest BCUT2D eigenvalue weighted by Crippen LogP contribution is 2.41. The molecule has 2 fully saturated rings. The molecule has 3 heteroatoms. The average Bonchev–Trinajstić information content (AvgIpc) is 2.62. The van der Waals surface area contributed by atoms with Gasteiger partial charge in [0.15, 0.2) is 5.79 Å². The SMILES string of the molecule is CCC1CCCC2(CCC(C(C)O)O2)O1. The van der Waals surface area contributed by atoms with Gasteiger partial charge in [-0.2, -0.15) is 0 Å². The van der Waals surface area contributed by atoms with Crippen molar-refractivity contribution in [3.63, 3.8) is 0 Å². The van der Waals surface area contributed by atoms with Gasteiger partial charge in [-0.3, -0.25) is 0 Å². The lowest BCUT2D eigenvalue weighted by Crippen LogP contribution is -2.41. The van der Waals surface area contributed by atoms with Gasteiger partial charge < -0.3 is 14.6 Å². The van der Waals surface area contributed by atoms with Gasteiger partial charge in [0.1, 0.15) is 0 Å². The smallest absolute Gasteiger partial charge is 0.169 e. The first-order chi connectivity index (χ1) is 7.15. The van der Waals surface area contributed by atoms with Crippen LogP contribution in [-0.2, 0) is 9.47 Å². The Morgan fingerprint density at radius 1 is 1.33 bits per heavy atom. The summed E-state index contributed by atoms with van der Waals surface area (Å²) in [6, 6.07) is 0. The van der Waals surface area contributed by atoms with Crippen molar-refractivity contribution in [1.82, 2.24) is 0 Å². The average molecular weight is 214 g/mol. The topological polar surface area (TPSA) is 38.7 Å². The summed E-state index contributed by atoms with van der Waals surface area (Å²) in [6.45, 7) is 3.95. The number of hydrogen-bond donors (Lipinski definition) is 1. The molecule has 2 aliphatic rings. The van der Waals surface area contributed by atoms with Crippen LogP contribution in [0.3, 0.4) is 0 Å². The van der Waals surface area contributed by atoms with Crippen molar-refractivity contribution >= 4 is 0 Å².